The minimum Gasteiger partial charge on any atom is -0.459 e. The quantitative estimate of drug-likeness (QED) is 0.288. The van der Waals surface area contributed by atoms with Gasteiger partial charge >= 0.3 is 5.97 Å². The van der Waals surface area contributed by atoms with Gasteiger partial charge in [0.1, 0.15) is 18.0 Å². The molecule has 2 unspecified atom stereocenters. The number of benzene rings is 1. The van der Waals surface area contributed by atoms with E-state index >= 15 is 0 Å². The normalized spacial score (nSPS) is 24.3. The van der Waals surface area contributed by atoms with Gasteiger partial charge in [-0.1, -0.05) is 0 Å². The van der Waals surface area contributed by atoms with Crippen molar-refractivity contribution in [2.24, 2.45) is 0 Å². The lowest BCUT2D eigenvalue weighted by Crippen LogP contribution is -2.75. The summed E-state index contributed by atoms with van der Waals surface area (Å²) in [6.45, 7) is 1.00. The fourth-order valence-electron chi connectivity index (χ4n) is 3.66. The molecular formula is C20H19N3O7S2. The van der Waals surface area contributed by atoms with Crippen LogP contribution in [-0.4, -0.2) is 62.0 Å². The number of carbonyl (C=O) groups is 3. The zero-order chi connectivity index (χ0) is 23.0. The van der Waals surface area contributed by atoms with Crippen LogP contribution < -0.4 is 4.90 Å². The van der Waals surface area contributed by atoms with Crippen molar-refractivity contribution in [3.63, 3.8) is 0 Å². The molecule has 32 heavy (non-hydrogen) atoms. The van der Waals surface area contributed by atoms with Gasteiger partial charge < -0.3 is 14.7 Å². The molecule has 168 valence electrons. The van der Waals surface area contributed by atoms with Gasteiger partial charge in [0.15, 0.2) is 5.60 Å². The van der Waals surface area contributed by atoms with Crippen molar-refractivity contribution in [3.8, 4) is 0 Å². The van der Waals surface area contributed by atoms with Crippen molar-refractivity contribution in [2.45, 2.75) is 30.5 Å². The van der Waals surface area contributed by atoms with Gasteiger partial charge in [-0.05, 0) is 35.2 Å². The van der Waals surface area contributed by atoms with E-state index < -0.39 is 22.5 Å². The smallest absolute Gasteiger partial charge is 0.341 e. The lowest BCUT2D eigenvalue weighted by molar-refractivity contribution is -0.384. The molecular weight excluding hydrogens is 458 g/mol. The fourth-order valence-corrected chi connectivity index (χ4v) is 5.90. The Morgan fingerprint density at radius 1 is 1.34 bits per heavy atom. The van der Waals surface area contributed by atoms with Crippen LogP contribution in [0.4, 0.5) is 10.7 Å². The molecule has 2 amide bonds. The van der Waals surface area contributed by atoms with Crippen LogP contribution in [0, 0.1) is 10.1 Å². The van der Waals surface area contributed by atoms with Gasteiger partial charge in [-0.25, -0.2) is 4.79 Å². The van der Waals surface area contributed by atoms with E-state index in [1.165, 1.54) is 64.1 Å². The van der Waals surface area contributed by atoms with Crippen molar-refractivity contribution in [1.82, 2.24) is 4.90 Å². The second-order valence-corrected chi connectivity index (χ2v) is 9.52. The van der Waals surface area contributed by atoms with Gasteiger partial charge in [0.2, 0.25) is 11.8 Å². The van der Waals surface area contributed by atoms with Crippen LogP contribution in [0.2, 0.25) is 0 Å². The molecule has 0 radical (unpaired) electrons. The maximum Gasteiger partial charge on any atom is 0.341 e. The molecule has 2 saturated heterocycles. The molecule has 2 fully saturated rings. The molecule has 2 aliphatic heterocycles. The minimum absolute atomic E-state index is 0.00717. The molecule has 3 heterocycles. The first-order chi connectivity index (χ1) is 15.2. The number of rotatable bonds is 6. The second-order valence-electron chi connectivity index (χ2n) is 7.48. The van der Waals surface area contributed by atoms with E-state index in [4.69, 9.17) is 4.74 Å². The van der Waals surface area contributed by atoms with Crippen LogP contribution in [0.1, 0.15) is 12.5 Å². The number of anilines is 1. The largest absolute Gasteiger partial charge is 0.459 e. The number of carbonyl (C=O) groups excluding carboxylic acids is 3. The maximum absolute atomic E-state index is 12.8. The molecule has 2 aliphatic rings. The van der Waals surface area contributed by atoms with E-state index in [-0.39, 0.29) is 41.8 Å². The third-order valence-corrected chi connectivity index (χ3v) is 7.66. The number of esters is 1. The second kappa shape index (κ2) is 8.52. The van der Waals surface area contributed by atoms with Gasteiger partial charge in [-0.3, -0.25) is 24.6 Å². The summed E-state index contributed by atoms with van der Waals surface area (Å²) in [4.78, 5) is 50.6. The van der Waals surface area contributed by atoms with Crippen LogP contribution in [0.5, 0.6) is 0 Å². The summed E-state index contributed by atoms with van der Waals surface area (Å²) in [5.74, 6) is -1.46. The number of hydrogen-bond acceptors (Lipinski definition) is 9. The molecule has 0 spiro atoms. The molecule has 12 heteroatoms. The predicted octanol–water partition coefficient (Wildman–Crippen LogP) is 1.77. The van der Waals surface area contributed by atoms with E-state index in [0.29, 0.717) is 10.6 Å². The number of thioether (sulfide) groups is 1. The number of β-lactam (4-membered cyclic amide) rings is 1. The van der Waals surface area contributed by atoms with E-state index in [9.17, 15) is 29.6 Å². The zero-order valence-electron chi connectivity index (χ0n) is 16.9. The third-order valence-electron chi connectivity index (χ3n) is 5.30. The van der Waals surface area contributed by atoms with Crippen LogP contribution >= 0.6 is 23.1 Å². The highest BCUT2D eigenvalue weighted by atomic mass is 32.2. The number of nitro benzene ring substituents is 1. The first-order valence-corrected chi connectivity index (χ1v) is 11.5. The SMILES string of the molecule is CC(=O)N(c1cccs1)C1C(=O)N2CC(O)(C(=O)OCc3ccc([N+](=O)[O-])cc3)CS[C@H]12. The number of non-ortho nitro benzene ring substituents is 1. The van der Waals surface area contributed by atoms with Crippen LogP contribution in [0.25, 0.3) is 0 Å². The summed E-state index contributed by atoms with van der Waals surface area (Å²) in [5, 5.41) is 23.7. The van der Waals surface area contributed by atoms with Crippen LogP contribution in [0.15, 0.2) is 41.8 Å². The van der Waals surface area contributed by atoms with E-state index in [0.717, 1.165) is 0 Å². The topological polar surface area (TPSA) is 130 Å². The molecule has 0 saturated carbocycles. The summed E-state index contributed by atoms with van der Waals surface area (Å²) in [6.07, 6.45) is 0. The Hall–Kier alpha value is -2.96. The number of nitrogens with zero attached hydrogens (tertiary/aromatic N) is 3. The number of nitro groups is 1. The monoisotopic (exact) mass is 477 g/mol. The molecule has 1 aromatic carbocycles. The number of fused-ring (bicyclic) bond motifs is 1. The number of aliphatic hydroxyl groups is 1. The highest BCUT2D eigenvalue weighted by Gasteiger charge is 2.59. The minimum atomic E-state index is -1.88. The van der Waals surface area contributed by atoms with Crippen molar-refractivity contribution in [1.29, 1.82) is 0 Å². The number of hydrogen-bond donors (Lipinski definition) is 1. The maximum atomic E-state index is 12.8. The Balaban J connectivity index is 1.39. The Kier molecular flexibility index (Phi) is 5.93. The van der Waals surface area contributed by atoms with Gasteiger partial charge in [-0.15, -0.1) is 23.1 Å². The molecule has 1 aromatic heterocycles. The average Bonchev–Trinajstić information content (AvgIpc) is 3.30. The molecule has 3 atom stereocenters. The lowest BCUT2D eigenvalue weighted by Gasteiger charge is -2.55. The Labute approximate surface area is 190 Å². The summed E-state index contributed by atoms with van der Waals surface area (Å²) in [5.41, 5.74) is -1.43. The first kappa shape index (κ1) is 22.2. The van der Waals surface area contributed by atoms with Crippen LogP contribution in [0.3, 0.4) is 0 Å². The standard InChI is InChI=1S/C20H19N3O7S2/c1-12(24)22(15-3-2-8-31-15)16-17(25)21-10-20(27,11-32-18(16)21)19(26)30-9-13-4-6-14(7-5-13)23(28)29/h2-8,16,18,27H,9-11H2,1H3/t16?,18-,20?/m1/s1. The molecule has 0 aliphatic carbocycles. The number of amides is 2. The van der Waals surface area contributed by atoms with E-state index in [1.54, 1.807) is 12.1 Å². The van der Waals surface area contributed by atoms with E-state index in [2.05, 4.69) is 0 Å². The fraction of sp³-hybridized carbons (Fsp3) is 0.350. The van der Waals surface area contributed by atoms with Crippen molar-refractivity contribution >= 4 is 51.6 Å². The van der Waals surface area contributed by atoms with Gasteiger partial charge in [0.05, 0.1) is 16.5 Å². The molecule has 4 rings (SSSR count). The van der Waals surface area contributed by atoms with Gasteiger partial charge in [-0.2, -0.15) is 0 Å². The predicted molar refractivity (Wildman–Crippen MR) is 117 cm³/mol. The lowest BCUT2D eigenvalue weighted by atomic mass is 9.98. The molecule has 10 nitrogen and oxygen atoms in total. The number of ether oxygens (including phenoxy) is 1. The summed E-state index contributed by atoms with van der Waals surface area (Å²) in [6, 6.07) is 8.40. The first-order valence-electron chi connectivity index (χ1n) is 9.59. The van der Waals surface area contributed by atoms with Gasteiger partial charge in [0, 0.05) is 24.8 Å². The molecule has 2 aromatic rings. The van der Waals surface area contributed by atoms with Crippen molar-refractivity contribution in [3.05, 3.63) is 57.5 Å². The Morgan fingerprint density at radius 3 is 2.66 bits per heavy atom. The van der Waals surface area contributed by atoms with Crippen molar-refractivity contribution in [2.75, 3.05) is 17.2 Å². The summed E-state index contributed by atoms with van der Waals surface area (Å²) >= 11 is 2.57. The van der Waals surface area contributed by atoms with Crippen molar-refractivity contribution < 1.29 is 29.2 Å². The van der Waals surface area contributed by atoms with Gasteiger partial charge in [0.25, 0.3) is 5.69 Å². The molecule has 0 bridgehead atoms. The summed E-state index contributed by atoms with van der Waals surface area (Å²) in [7, 11) is 0. The Morgan fingerprint density at radius 2 is 2.06 bits per heavy atom. The molecule has 1 N–H and O–H groups in total. The average molecular weight is 478 g/mol. The third kappa shape index (κ3) is 3.96. The summed E-state index contributed by atoms with van der Waals surface area (Å²) < 4.78 is 5.21. The number of thiophene rings is 1. The Bertz CT molecular complexity index is 1060. The highest BCUT2D eigenvalue weighted by molar-refractivity contribution is 8.00. The van der Waals surface area contributed by atoms with E-state index in [1.807, 2.05) is 5.38 Å². The highest BCUT2D eigenvalue weighted by Crippen LogP contribution is 2.43. The zero-order valence-corrected chi connectivity index (χ0v) is 18.5. The van der Waals surface area contributed by atoms with Crippen LogP contribution in [-0.2, 0) is 25.7 Å².